The van der Waals surface area contributed by atoms with Gasteiger partial charge < -0.3 is 10.0 Å². The van der Waals surface area contributed by atoms with Crippen LogP contribution in [0.4, 0.5) is 0 Å². The summed E-state index contributed by atoms with van der Waals surface area (Å²) in [7, 11) is 0. The van der Waals surface area contributed by atoms with Crippen molar-refractivity contribution in [1.82, 2.24) is 9.80 Å². The molecule has 1 aromatic rings. The van der Waals surface area contributed by atoms with E-state index in [0.717, 1.165) is 18.5 Å². The molecular formula is C17H24N2O3. The second kappa shape index (κ2) is 7.94. The Bertz CT molecular complexity index is 504. The molecule has 1 N–H and O–H groups in total. The van der Waals surface area contributed by atoms with Crippen molar-refractivity contribution >= 4 is 11.9 Å². The summed E-state index contributed by atoms with van der Waals surface area (Å²) in [6, 6.07) is 9.92. The number of carboxylic acids is 1. The summed E-state index contributed by atoms with van der Waals surface area (Å²) in [6.07, 6.45) is 1.55. The van der Waals surface area contributed by atoms with Gasteiger partial charge in [0.1, 0.15) is 0 Å². The molecule has 0 aromatic heterocycles. The molecule has 1 unspecified atom stereocenters. The van der Waals surface area contributed by atoms with Gasteiger partial charge in [0.05, 0.1) is 12.5 Å². The van der Waals surface area contributed by atoms with Gasteiger partial charge in [-0.2, -0.15) is 0 Å². The van der Waals surface area contributed by atoms with Gasteiger partial charge in [0.15, 0.2) is 0 Å². The summed E-state index contributed by atoms with van der Waals surface area (Å²) >= 11 is 0. The first-order valence-electron chi connectivity index (χ1n) is 7.87. The van der Waals surface area contributed by atoms with Crippen LogP contribution in [0.25, 0.3) is 0 Å². The van der Waals surface area contributed by atoms with Crippen LogP contribution in [0.15, 0.2) is 30.3 Å². The molecule has 1 aliphatic heterocycles. The molecule has 1 saturated heterocycles. The molecule has 0 bridgehead atoms. The predicted octanol–water partition coefficient (Wildman–Crippen LogP) is 1.83. The molecule has 120 valence electrons. The second-order valence-corrected chi connectivity index (χ2v) is 5.81. The van der Waals surface area contributed by atoms with E-state index in [4.69, 9.17) is 5.11 Å². The third-order valence-corrected chi connectivity index (χ3v) is 4.16. The third-order valence-electron chi connectivity index (χ3n) is 4.16. The van der Waals surface area contributed by atoms with E-state index in [1.54, 1.807) is 0 Å². The quantitative estimate of drug-likeness (QED) is 0.871. The first-order chi connectivity index (χ1) is 10.6. The van der Waals surface area contributed by atoms with Crippen LogP contribution in [0.1, 0.15) is 25.3 Å². The Labute approximate surface area is 131 Å². The fourth-order valence-electron chi connectivity index (χ4n) is 2.87. The molecule has 1 heterocycles. The summed E-state index contributed by atoms with van der Waals surface area (Å²) in [6.45, 7) is 4.82. The zero-order valence-corrected chi connectivity index (χ0v) is 13.1. The van der Waals surface area contributed by atoms with Crippen molar-refractivity contribution in [2.75, 3.05) is 26.2 Å². The molecular weight excluding hydrogens is 280 g/mol. The summed E-state index contributed by atoms with van der Waals surface area (Å²) in [5.74, 6) is -1.03. The van der Waals surface area contributed by atoms with Crippen molar-refractivity contribution in [3.63, 3.8) is 0 Å². The number of aliphatic carboxylic acids is 1. The lowest BCUT2D eigenvalue weighted by atomic mass is 9.98. The van der Waals surface area contributed by atoms with E-state index in [9.17, 15) is 9.59 Å². The van der Waals surface area contributed by atoms with Crippen LogP contribution in [-0.4, -0.2) is 53.0 Å². The molecule has 1 aliphatic rings. The minimum Gasteiger partial charge on any atom is -0.481 e. The molecule has 5 heteroatoms. The van der Waals surface area contributed by atoms with Gasteiger partial charge in [-0.15, -0.1) is 0 Å². The third kappa shape index (κ3) is 4.56. The molecule has 0 radical (unpaired) electrons. The minimum absolute atomic E-state index is 0.0670. The number of carbonyl (C=O) groups is 2. The summed E-state index contributed by atoms with van der Waals surface area (Å²) in [5, 5.41) is 9.12. The highest BCUT2D eigenvalue weighted by molar-refractivity contribution is 5.78. The molecule has 5 nitrogen and oxygen atoms in total. The molecule has 1 aromatic carbocycles. The van der Waals surface area contributed by atoms with Gasteiger partial charge in [0.25, 0.3) is 0 Å². The Balaban J connectivity index is 1.90. The van der Waals surface area contributed by atoms with Gasteiger partial charge in [-0.25, -0.2) is 0 Å². The molecule has 1 atom stereocenters. The number of piperidine rings is 1. The van der Waals surface area contributed by atoms with Crippen molar-refractivity contribution in [3.8, 4) is 0 Å². The summed E-state index contributed by atoms with van der Waals surface area (Å²) in [4.78, 5) is 27.3. The van der Waals surface area contributed by atoms with Crippen molar-refractivity contribution in [2.24, 2.45) is 5.92 Å². The van der Waals surface area contributed by atoms with Gasteiger partial charge >= 0.3 is 5.97 Å². The maximum Gasteiger partial charge on any atom is 0.307 e. The van der Waals surface area contributed by atoms with Crippen LogP contribution in [0.2, 0.25) is 0 Å². The van der Waals surface area contributed by atoms with E-state index >= 15 is 0 Å². The summed E-state index contributed by atoms with van der Waals surface area (Å²) in [5.41, 5.74) is 1.11. The molecule has 1 amide bonds. The van der Waals surface area contributed by atoms with E-state index in [2.05, 4.69) is 0 Å². The van der Waals surface area contributed by atoms with Crippen LogP contribution in [0, 0.1) is 5.92 Å². The van der Waals surface area contributed by atoms with Gasteiger partial charge in [0, 0.05) is 19.6 Å². The predicted molar refractivity (Wildman–Crippen MR) is 84.3 cm³/mol. The Kier molecular flexibility index (Phi) is 5.95. The zero-order valence-electron chi connectivity index (χ0n) is 13.1. The van der Waals surface area contributed by atoms with Crippen LogP contribution < -0.4 is 0 Å². The number of benzene rings is 1. The van der Waals surface area contributed by atoms with Crippen molar-refractivity contribution in [1.29, 1.82) is 0 Å². The molecule has 0 spiro atoms. The van der Waals surface area contributed by atoms with Crippen LogP contribution >= 0.6 is 0 Å². The Hall–Kier alpha value is -1.88. The van der Waals surface area contributed by atoms with E-state index in [1.165, 1.54) is 0 Å². The average Bonchev–Trinajstić information content (AvgIpc) is 2.53. The topological polar surface area (TPSA) is 60.9 Å². The van der Waals surface area contributed by atoms with Gasteiger partial charge in [-0.05, 0) is 31.9 Å². The normalized spacial score (nSPS) is 18.9. The summed E-state index contributed by atoms with van der Waals surface area (Å²) < 4.78 is 0. The SMILES string of the molecule is CCN(Cc1ccccc1)C(=O)CN1CCCC(C(=O)O)C1. The number of hydrogen-bond acceptors (Lipinski definition) is 3. The van der Waals surface area contributed by atoms with Crippen LogP contribution in [0.5, 0.6) is 0 Å². The lowest BCUT2D eigenvalue weighted by Gasteiger charge is -2.32. The number of carbonyl (C=O) groups excluding carboxylic acids is 1. The van der Waals surface area contributed by atoms with Crippen LogP contribution in [0.3, 0.4) is 0 Å². The largest absolute Gasteiger partial charge is 0.481 e. The molecule has 0 aliphatic carbocycles. The number of hydrogen-bond donors (Lipinski definition) is 1. The number of rotatable bonds is 6. The van der Waals surface area contributed by atoms with Gasteiger partial charge in [0.2, 0.25) is 5.91 Å². The first-order valence-corrected chi connectivity index (χ1v) is 7.87. The maximum atomic E-state index is 12.5. The van der Waals surface area contributed by atoms with E-state index in [-0.39, 0.29) is 11.8 Å². The standard InChI is InChI=1S/C17H24N2O3/c1-2-19(11-14-7-4-3-5-8-14)16(20)13-18-10-6-9-15(12-18)17(21)22/h3-5,7-8,15H,2,6,9-13H2,1H3,(H,21,22). The smallest absolute Gasteiger partial charge is 0.307 e. The molecule has 0 saturated carbocycles. The van der Waals surface area contributed by atoms with Crippen molar-refractivity contribution in [3.05, 3.63) is 35.9 Å². The lowest BCUT2D eigenvalue weighted by molar-refractivity contribution is -0.145. The monoisotopic (exact) mass is 304 g/mol. The Morgan fingerprint density at radius 2 is 2.05 bits per heavy atom. The van der Waals surface area contributed by atoms with E-state index in [0.29, 0.717) is 32.6 Å². The number of amides is 1. The number of carboxylic acid groups (broad SMARTS) is 1. The minimum atomic E-state index is -0.756. The lowest BCUT2D eigenvalue weighted by Crippen LogP contribution is -2.45. The number of likely N-dealkylation sites (tertiary alicyclic amines) is 1. The molecule has 2 rings (SSSR count). The highest BCUT2D eigenvalue weighted by atomic mass is 16.4. The fraction of sp³-hybridized carbons (Fsp3) is 0.529. The van der Waals surface area contributed by atoms with Gasteiger partial charge in [-0.3, -0.25) is 14.5 Å². The van der Waals surface area contributed by atoms with E-state index < -0.39 is 5.97 Å². The number of nitrogens with zero attached hydrogens (tertiary/aromatic N) is 2. The zero-order chi connectivity index (χ0) is 15.9. The Morgan fingerprint density at radius 1 is 1.32 bits per heavy atom. The maximum absolute atomic E-state index is 12.5. The average molecular weight is 304 g/mol. The highest BCUT2D eigenvalue weighted by Crippen LogP contribution is 2.16. The second-order valence-electron chi connectivity index (χ2n) is 5.81. The number of likely N-dealkylation sites (N-methyl/N-ethyl adjacent to an activating group) is 1. The van der Waals surface area contributed by atoms with Gasteiger partial charge in [-0.1, -0.05) is 30.3 Å². The van der Waals surface area contributed by atoms with Crippen molar-refractivity contribution < 1.29 is 14.7 Å². The Morgan fingerprint density at radius 3 is 2.68 bits per heavy atom. The highest BCUT2D eigenvalue weighted by Gasteiger charge is 2.27. The fourth-order valence-corrected chi connectivity index (χ4v) is 2.87. The molecule has 22 heavy (non-hydrogen) atoms. The first kappa shape index (κ1) is 16.5. The van der Waals surface area contributed by atoms with Crippen molar-refractivity contribution in [2.45, 2.75) is 26.3 Å². The molecule has 1 fully saturated rings. The van der Waals surface area contributed by atoms with Crippen LogP contribution in [-0.2, 0) is 16.1 Å². The van der Waals surface area contributed by atoms with E-state index in [1.807, 2.05) is 47.1 Å².